The zero-order valence-corrected chi connectivity index (χ0v) is 10.5. The van der Waals surface area contributed by atoms with E-state index in [1.807, 2.05) is 39.8 Å². The summed E-state index contributed by atoms with van der Waals surface area (Å²) < 4.78 is 10.4. The van der Waals surface area contributed by atoms with Gasteiger partial charge in [0, 0.05) is 0 Å². The summed E-state index contributed by atoms with van der Waals surface area (Å²) in [5.74, 6) is 0.343. The molecule has 0 heterocycles. The van der Waals surface area contributed by atoms with Gasteiger partial charge in [0.2, 0.25) is 0 Å². The Morgan fingerprint density at radius 1 is 1.25 bits per heavy atom. The maximum Gasteiger partial charge on any atom is 0.339 e. The van der Waals surface area contributed by atoms with Crippen molar-refractivity contribution in [2.45, 2.75) is 33.3 Å². The van der Waals surface area contributed by atoms with Crippen LogP contribution in [0.15, 0.2) is 18.2 Å². The smallest absolute Gasteiger partial charge is 0.339 e. The van der Waals surface area contributed by atoms with Crippen LogP contribution in [0.2, 0.25) is 0 Å². The van der Waals surface area contributed by atoms with Gasteiger partial charge < -0.3 is 9.47 Å². The van der Waals surface area contributed by atoms with E-state index < -0.39 is 5.60 Å². The number of ether oxygens (including phenoxy) is 2. The highest BCUT2D eigenvalue weighted by Gasteiger charge is 2.19. The lowest BCUT2D eigenvalue weighted by molar-refractivity contribution is 0.00684. The number of rotatable bonds is 2. The first-order valence-corrected chi connectivity index (χ1v) is 5.21. The molecular weight excluding hydrogens is 204 g/mol. The summed E-state index contributed by atoms with van der Waals surface area (Å²) in [5, 5.41) is 0. The van der Waals surface area contributed by atoms with Gasteiger partial charge in [0.1, 0.15) is 11.4 Å². The number of methoxy groups -OCH3 is 1. The Labute approximate surface area is 96.4 Å². The molecule has 16 heavy (non-hydrogen) atoms. The van der Waals surface area contributed by atoms with Crippen molar-refractivity contribution in [3.63, 3.8) is 0 Å². The van der Waals surface area contributed by atoms with Crippen molar-refractivity contribution in [1.29, 1.82) is 0 Å². The predicted octanol–water partition coefficient (Wildman–Crippen LogP) is 2.96. The first kappa shape index (κ1) is 12.6. The third-order valence-electron chi connectivity index (χ3n) is 2.06. The van der Waals surface area contributed by atoms with Crippen LogP contribution < -0.4 is 4.74 Å². The first-order chi connectivity index (χ1) is 7.33. The van der Waals surface area contributed by atoms with Gasteiger partial charge in [-0.25, -0.2) is 4.79 Å². The molecule has 3 heteroatoms. The lowest BCUT2D eigenvalue weighted by atomic mass is 10.1. The van der Waals surface area contributed by atoms with Crippen LogP contribution in [-0.4, -0.2) is 18.7 Å². The van der Waals surface area contributed by atoms with E-state index in [2.05, 4.69) is 0 Å². The molecule has 0 aromatic heterocycles. The second-order valence-corrected chi connectivity index (χ2v) is 4.68. The summed E-state index contributed by atoms with van der Waals surface area (Å²) in [6.07, 6.45) is 0. The molecule has 0 bridgehead atoms. The Bertz CT molecular complexity index is 389. The second kappa shape index (κ2) is 4.56. The predicted molar refractivity (Wildman–Crippen MR) is 62.9 cm³/mol. The van der Waals surface area contributed by atoms with Gasteiger partial charge in [0.05, 0.1) is 12.7 Å². The number of hydrogen-bond donors (Lipinski definition) is 0. The minimum absolute atomic E-state index is 0.316. The molecule has 0 atom stereocenters. The molecule has 0 radical (unpaired) electrons. The summed E-state index contributed by atoms with van der Waals surface area (Å²) in [7, 11) is 1.57. The summed E-state index contributed by atoms with van der Waals surface area (Å²) in [4.78, 5) is 11.9. The van der Waals surface area contributed by atoms with E-state index in [1.165, 1.54) is 0 Å². The van der Waals surface area contributed by atoms with Gasteiger partial charge in [-0.15, -0.1) is 0 Å². The van der Waals surface area contributed by atoms with Gasteiger partial charge in [0.15, 0.2) is 0 Å². The van der Waals surface area contributed by atoms with Crippen LogP contribution in [0, 0.1) is 6.92 Å². The Balaban J connectivity index is 2.98. The Kier molecular flexibility index (Phi) is 3.58. The van der Waals surface area contributed by atoms with Gasteiger partial charge in [-0.05, 0) is 45.4 Å². The molecule has 0 fully saturated rings. The molecule has 1 aromatic rings. The third-order valence-corrected chi connectivity index (χ3v) is 2.06. The topological polar surface area (TPSA) is 35.5 Å². The van der Waals surface area contributed by atoms with Crippen molar-refractivity contribution in [3.05, 3.63) is 29.3 Å². The van der Waals surface area contributed by atoms with Crippen molar-refractivity contribution in [1.82, 2.24) is 0 Å². The first-order valence-electron chi connectivity index (χ1n) is 5.21. The van der Waals surface area contributed by atoms with Gasteiger partial charge in [-0.3, -0.25) is 0 Å². The molecule has 0 aliphatic heterocycles. The monoisotopic (exact) mass is 222 g/mol. The minimum Gasteiger partial charge on any atom is -0.497 e. The van der Waals surface area contributed by atoms with Crippen LogP contribution in [0.5, 0.6) is 5.75 Å². The van der Waals surface area contributed by atoms with Crippen LogP contribution in [0.1, 0.15) is 36.7 Å². The van der Waals surface area contributed by atoms with Crippen LogP contribution in [-0.2, 0) is 4.74 Å². The van der Waals surface area contributed by atoms with Gasteiger partial charge in [-0.2, -0.15) is 0 Å². The minimum atomic E-state index is -0.480. The fraction of sp³-hybridized carbons (Fsp3) is 0.462. The molecule has 1 aromatic carbocycles. The standard InChI is InChI=1S/C13H18O3/c1-9-6-7-10(15-5)8-11(9)12(14)16-13(2,3)4/h6-8H,1-5H3. The van der Waals surface area contributed by atoms with Gasteiger partial charge >= 0.3 is 5.97 Å². The van der Waals surface area contributed by atoms with Gasteiger partial charge in [0.25, 0.3) is 0 Å². The lowest BCUT2D eigenvalue weighted by Crippen LogP contribution is -2.24. The van der Waals surface area contributed by atoms with Crippen LogP contribution >= 0.6 is 0 Å². The second-order valence-electron chi connectivity index (χ2n) is 4.68. The summed E-state index contributed by atoms with van der Waals surface area (Å²) in [6, 6.07) is 5.37. The lowest BCUT2D eigenvalue weighted by Gasteiger charge is -2.20. The zero-order chi connectivity index (χ0) is 12.3. The molecule has 0 N–H and O–H groups in total. The zero-order valence-electron chi connectivity index (χ0n) is 10.5. The molecule has 0 amide bonds. The summed E-state index contributed by atoms with van der Waals surface area (Å²) in [5.41, 5.74) is 0.955. The molecule has 0 unspecified atom stereocenters. The van der Waals surface area contributed by atoms with E-state index in [9.17, 15) is 4.79 Å². The number of hydrogen-bond acceptors (Lipinski definition) is 3. The fourth-order valence-electron chi connectivity index (χ4n) is 1.28. The van der Waals surface area contributed by atoms with E-state index >= 15 is 0 Å². The molecule has 1 rings (SSSR count). The van der Waals surface area contributed by atoms with E-state index in [0.29, 0.717) is 11.3 Å². The Morgan fingerprint density at radius 2 is 1.88 bits per heavy atom. The van der Waals surface area contributed by atoms with Crippen LogP contribution in [0.4, 0.5) is 0 Å². The molecule has 0 aliphatic carbocycles. The molecule has 0 spiro atoms. The highest BCUT2D eigenvalue weighted by molar-refractivity contribution is 5.91. The van der Waals surface area contributed by atoms with Crippen LogP contribution in [0.25, 0.3) is 0 Å². The molecular formula is C13H18O3. The van der Waals surface area contributed by atoms with E-state index in [4.69, 9.17) is 9.47 Å². The third kappa shape index (κ3) is 3.26. The Hall–Kier alpha value is -1.51. The highest BCUT2D eigenvalue weighted by atomic mass is 16.6. The largest absolute Gasteiger partial charge is 0.497 e. The molecule has 0 saturated heterocycles. The molecule has 0 saturated carbocycles. The van der Waals surface area contributed by atoms with Crippen molar-refractivity contribution in [2.75, 3.05) is 7.11 Å². The average molecular weight is 222 g/mol. The number of carbonyl (C=O) groups excluding carboxylic acids is 1. The van der Waals surface area contributed by atoms with E-state index in [1.54, 1.807) is 13.2 Å². The van der Waals surface area contributed by atoms with Gasteiger partial charge in [-0.1, -0.05) is 6.07 Å². The highest BCUT2D eigenvalue weighted by Crippen LogP contribution is 2.20. The fourth-order valence-corrected chi connectivity index (χ4v) is 1.28. The van der Waals surface area contributed by atoms with E-state index in [-0.39, 0.29) is 5.97 Å². The molecule has 3 nitrogen and oxygen atoms in total. The molecule has 88 valence electrons. The van der Waals surface area contributed by atoms with Crippen molar-refractivity contribution in [3.8, 4) is 5.75 Å². The maximum absolute atomic E-state index is 11.9. The summed E-state index contributed by atoms with van der Waals surface area (Å²) >= 11 is 0. The Morgan fingerprint density at radius 3 is 2.38 bits per heavy atom. The van der Waals surface area contributed by atoms with E-state index in [0.717, 1.165) is 5.56 Å². The average Bonchev–Trinajstić information content (AvgIpc) is 2.15. The number of aryl methyl sites for hydroxylation is 1. The van der Waals surface area contributed by atoms with Crippen molar-refractivity contribution >= 4 is 5.97 Å². The number of carbonyl (C=O) groups is 1. The summed E-state index contributed by atoms with van der Waals surface area (Å²) in [6.45, 7) is 7.42. The number of esters is 1. The normalized spacial score (nSPS) is 11.1. The number of benzene rings is 1. The van der Waals surface area contributed by atoms with Crippen molar-refractivity contribution in [2.24, 2.45) is 0 Å². The van der Waals surface area contributed by atoms with Crippen molar-refractivity contribution < 1.29 is 14.3 Å². The molecule has 0 aliphatic rings. The maximum atomic E-state index is 11.9. The van der Waals surface area contributed by atoms with Crippen LogP contribution in [0.3, 0.4) is 0 Å². The quantitative estimate of drug-likeness (QED) is 0.722. The SMILES string of the molecule is COc1ccc(C)c(C(=O)OC(C)(C)C)c1.